The number of hydrogen-bond donors (Lipinski definition) is 1. The second-order valence-electron chi connectivity index (χ2n) is 5.45. The number of anilines is 1. The van der Waals surface area contributed by atoms with E-state index >= 15 is 0 Å². The summed E-state index contributed by atoms with van der Waals surface area (Å²) < 4.78 is 45.3. The number of halogens is 3. The molecule has 0 amide bonds. The molecule has 2 atom stereocenters. The highest BCUT2D eigenvalue weighted by molar-refractivity contribution is 5.47. The molecule has 1 N–H and O–H groups in total. The largest absolute Gasteiger partial charge is 0.379 e. The van der Waals surface area contributed by atoms with Crippen LogP contribution in [0.15, 0.2) is 12.1 Å². The zero-order valence-electron chi connectivity index (χ0n) is 11.3. The summed E-state index contributed by atoms with van der Waals surface area (Å²) in [5, 5.41) is 2.87. The second-order valence-corrected chi connectivity index (χ2v) is 5.45. The van der Waals surface area contributed by atoms with E-state index in [2.05, 4.69) is 5.32 Å². The SMILES string of the molecule is CCOC1CC(Nc2cc(F)cc(F)c2F)C1(C)C. The molecule has 2 rings (SSSR count). The van der Waals surface area contributed by atoms with Gasteiger partial charge in [0.2, 0.25) is 0 Å². The lowest BCUT2D eigenvalue weighted by Gasteiger charge is -2.52. The van der Waals surface area contributed by atoms with E-state index in [-0.39, 0.29) is 23.2 Å². The van der Waals surface area contributed by atoms with Gasteiger partial charge in [-0.1, -0.05) is 13.8 Å². The first-order chi connectivity index (χ1) is 8.86. The highest BCUT2D eigenvalue weighted by Crippen LogP contribution is 2.44. The molecule has 0 radical (unpaired) electrons. The van der Waals surface area contributed by atoms with Crippen molar-refractivity contribution in [2.75, 3.05) is 11.9 Å². The second kappa shape index (κ2) is 5.04. The van der Waals surface area contributed by atoms with Crippen molar-refractivity contribution < 1.29 is 17.9 Å². The summed E-state index contributed by atoms with van der Waals surface area (Å²) in [5.41, 5.74) is -0.337. The first kappa shape index (κ1) is 14.2. The molecule has 1 aromatic rings. The average Bonchev–Trinajstić information content (AvgIpc) is 2.33. The van der Waals surface area contributed by atoms with Crippen LogP contribution in [0.25, 0.3) is 0 Å². The van der Waals surface area contributed by atoms with Gasteiger partial charge in [0.15, 0.2) is 11.6 Å². The van der Waals surface area contributed by atoms with Gasteiger partial charge in [-0.25, -0.2) is 13.2 Å². The summed E-state index contributed by atoms with van der Waals surface area (Å²) in [5.74, 6) is -3.02. The number of rotatable bonds is 4. The molecule has 1 aliphatic carbocycles. The van der Waals surface area contributed by atoms with Crippen LogP contribution < -0.4 is 5.32 Å². The number of ether oxygens (including phenoxy) is 1. The van der Waals surface area contributed by atoms with Crippen molar-refractivity contribution in [3.8, 4) is 0 Å². The topological polar surface area (TPSA) is 21.3 Å². The minimum absolute atomic E-state index is 0.0697. The van der Waals surface area contributed by atoms with E-state index < -0.39 is 17.5 Å². The van der Waals surface area contributed by atoms with Gasteiger partial charge >= 0.3 is 0 Å². The third-order valence-electron chi connectivity index (χ3n) is 3.87. The maximum Gasteiger partial charge on any atom is 0.182 e. The molecule has 1 fully saturated rings. The van der Waals surface area contributed by atoms with Crippen LogP contribution in [0.4, 0.5) is 18.9 Å². The summed E-state index contributed by atoms with van der Waals surface area (Å²) >= 11 is 0. The lowest BCUT2D eigenvalue weighted by Crippen LogP contribution is -2.58. The highest BCUT2D eigenvalue weighted by atomic mass is 19.2. The van der Waals surface area contributed by atoms with E-state index in [4.69, 9.17) is 4.74 Å². The maximum absolute atomic E-state index is 13.6. The van der Waals surface area contributed by atoms with Crippen molar-refractivity contribution in [3.63, 3.8) is 0 Å². The van der Waals surface area contributed by atoms with Gasteiger partial charge in [-0.2, -0.15) is 0 Å². The summed E-state index contributed by atoms with van der Waals surface area (Å²) in [4.78, 5) is 0. The predicted octanol–water partition coefficient (Wildman–Crippen LogP) is 3.72. The van der Waals surface area contributed by atoms with Gasteiger partial charge in [0.25, 0.3) is 0 Å². The fourth-order valence-electron chi connectivity index (χ4n) is 2.46. The summed E-state index contributed by atoms with van der Waals surface area (Å²) in [6.45, 7) is 6.51. The Morgan fingerprint density at radius 3 is 2.58 bits per heavy atom. The Morgan fingerprint density at radius 1 is 1.32 bits per heavy atom. The molecule has 0 bridgehead atoms. The Kier molecular flexibility index (Phi) is 3.76. The van der Waals surface area contributed by atoms with Gasteiger partial charge in [-0.15, -0.1) is 0 Å². The molecule has 0 saturated heterocycles. The van der Waals surface area contributed by atoms with E-state index in [1.807, 2.05) is 20.8 Å². The third-order valence-corrected chi connectivity index (χ3v) is 3.87. The minimum atomic E-state index is -1.18. The van der Waals surface area contributed by atoms with Crippen molar-refractivity contribution in [1.29, 1.82) is 0 Å². The fourth-order valence-corrected chi connectivity index (χ4v) is 2.46. The van der Waals surface area contributed by atoms with Gasteiger partial charge in [-0.05, 0) is 13.3 Å². The van der Waals surface area contributed by atoms with Crippen molar-refractivity contribution in [2.45, 2.75) is 39.3 Å². The van der Waals surface area contributed by atoms with E-state index in [0.29, 0.717) is 19.1 Å². The Hall–Kier alpha value is -1.23. The van der Waals surface area contributed by atoms with Gasteiger partial charge in [0, 0.05) is 30.2 Å². The van der Waals surface area contributed by atoms with Crippen molar-refractivity contribution in [3.05, 3.63) is 29.6 Å². The molecule has 5 heteroatoms. The summed E-state index contributed by atoms with van der Waals surface area (Å²) in [6.07, 6.45) is 0.773. The molecular weight excluding hydrogens is 255 g/mol. The number of benzene rings is 1. The van der Waals surface area contributed by atoms with Crippen LogP contribution in [0.2, 0.25) is 0 Å². The van der Waals surface area contributed by atoms with Crippen LogP contribution in [0.5, 0.6) is 0 Å². The zero-order chi connectivity index (χ0) is 14.2. The van der Waals surface area contributed by atoms with Gasteiger partial charge in [-0.3, -0.25) is 0 Å². The first-order valence-corrected chi connectivity index (χ1v) is 6.39. The molecule has 19 heavy (non-hydrogen) atoms. The predicted molar refractivity (Wildman–Crippen MR) is 67.5 cm³/mol. The summed E-state index contributed by atoms with van der Waals surface area (Å²) in [6, 6.07) is 1.44. The van der Waals surface area contributed by atoms with E-state index in [1.54, 1.807) is 0 Å². The first-order valence-electron chi connectivity index (χ1n) is 6.39. The lowest BCUT2D eigenvalue weighted by atomic mass is 9.64. The van der Waals surface area contributed by atoms with Crippen LogP contribution in [0, 0.1) is 22.9 Å². The normalized spacial score (nSPS) is 24.9. The molecule has 1 saturated carbocycles. The molecular formula is C14H18F3NO. The Morgan fingerprint density at radius 2 is 2.00 bits per heavy atom. The number of nitrogens with one attached hydrogen (secondary N) is 1. The van der Waals surface area contributed by atoms with Crippen molar-refractivity contribution in [1.82, 2.24) is 0 Å². The van der Waals surface area contributed by atoms with Gasteiger partial charge < -0.3 is 10.1 Å². The zero-order valence-corrected chi connectivity index (χ0v) is 11.3. The standard InChI is InChI=1S/C14H18F3NO/c1-4-19-12-7-11(14(12,2)3)18-10-6-8(15)5-9(16)13(10)17/h5-6,11-12,18H,4,7H2,1-3H3. The van der Waals surface area contributed by atoms with Crippen LogP contribution in [0.1, 0.15) is 27.2 Å². The Balaban J connectivity index is 2.12. The lowest BCUT2D eigenvalue weighted by molar-refractivity contribution is -0.0976. The fraction of sp³-hybridized carbons (Fsp3) is 0.571. The maximum atomic E-state index is 13.6. The van der Waals surface area contributed by atoms with Crippen LogP contribution in [0.3, 0.4) is 0 Å². The monoisotopic (exact) mass is 273 g/mol. The Labute approximate surface area is 111 Å². The molecule has 0 spiro atoms. The van der Waals surface area contributed by atoms with Crippen LogP contribution in [-0.4, -0.2) is 18.8 Å². The van der Waals surface area contributed by atoms with Crippen molar-refractivity contribution in [2.24, 2.45) is 5.41 Å². The number of hydrogen-bond acceptors (Lipinski definition) is 2. The van der Waals surface area contributed by atoms with Crippen LogP contribution in [-0.2, 0) is 4.74 Å². The van der Waals surface area contributed by atoms with Crippen LogP contribution >= 0.6 is 0 Å². The Bertz CT molecular complexity index is 476. The molecule has 0 aromatic heterocycles. The molecule has 1 aromatic carbocycles. The van der Waals surface area contributed by atoms with Gasteiger partial charge in [0.1, 0.15) is 5.82 Å². The smallest absolute Gasteiger partial charge is 0.182 e. The molecule has 2 unspecified atom stereocenters. The van der Waals surface area contributed by atoms with Crippen molar-refractivity contribution >= 4 is 5.69 Å². The van der Waals surface area contributed by atoms with E-state index in [0.717, 1.165) is 6.07 Å². The van der Waals surface area contributed by atoms with E-state index in [9.17, 15) is 13.2 Å². The summed E-state index contributed by atoms with van der Waals surface area (Å²) in [7, 11) is 0. The third kappa shape index (κ3) is 2.56. The molecule has 2 nitrogen and oxygen atoms in total. The van der Waals surface area contributed by atoms with Gasteiger partial charge in [0.05, 0.1) is 11.8 Å². The average molecular weight is 273 g/mol. The van der Waals surface area contributed by atoms with E-state index in [1.165, 1.54) is 0 Å². The molecule has 0 heterocycles. The molecule has 1 aliphatic rings. The molecule has 0 aliphatic heterocycles. The quantitative estimate of drug-likeness (QED) is 0.844. The minimum Gasteiger partial charge on any atom is -0.379 e. The highest BCUT2D eigenvalue weighted by Gasteiger charge is 2.49. The molecule has 106 valence electrons.